The number of anilines is 1. The standard InChI is InChI=1S/C10H14N4OS/c1-12-9(15)3-5-13-7-2-4-14-8(6-7)10(11)16/h2,4,6H,3,5H2,1H3,(H2,11,16)(H,12,15)(H,13,14). The van der Waals surface area contributed by atoms with Crippen molar-refractivity contribution in [2.24, 2.45) is 5.73 Å². The van der Waals surface area contributed by atoms with Crippen LogP contribution in [0.15, 0.2) is 18.3 Å². The number of hydrogen-bond donors (Lipinski definition) is 3. The largest absolute Gasteiger partial charge is 0.388 e. The average molecular weight is 238 g/mol. The van der Waals surface area contributed by atoms with E-state index in [9.17, 15) is 4.79 Å². The highest BCUT2D eigenvalue weighted by Gasteiger charge is 2.00. The fraction of sp³-hybridized carbons (Fsp3) is 0.300. The van der Waals surface area contributed by atoms with Gasteiger partial charge in [-0.2, -0.15) is 0 Å². The number of nitrogens with one attached hydrogen (secondary N) is 2. The second-order valence-electron chi connectivity index (χ2n) is 3.14. The van der Waals surface area contributed by atoms with Crippen molar-refractivity contribution in [2.45, 2.75) is 6.42 Å². The Morgan fingerprint density at radius 1 is 1.62 bits per heavy atom. The van der Waals surface area contributed by atoms with Crippen molar-refractivity contribution in [1.82, 2.24) is 10.3 Å². The molecule has 86 valence electrons. The molecule has 1 aromatic heterocycles. The number of rotatable bonds is 5. The molecule has 0 radical (unpaired) electrons. The van der Waals surface area contributed by atoms with Crippen LogP contribution in [0.1, 0.15) is 12.1 Å². The summed E-state index contributed by atoms with van der Waals surface area (Å²) in [5.74, 6) is -0.00359. The molecular formula is C10H14N4OS. The van der Waals surface area contributed by atoms with Crippen molar-refractivity contribution in [2.75, 3.05) is 18.9 Å². The summed E-state index contributed by atoms with van der Waals surface area (Å²) >= 11 is 4.82. The lowest BCUT2D eigenvalue weighted by Gasteiger charge is -2.06. The molecule has 1 amide bonds. The van der Waals surface area contributed by atoms with Crippen LogP contribution < -0.4 is 16.4 Å². The SMILES string of the molecule is CNC(=O)CCNc1ccnc(C(N)=S)c1. The Kier molecular flexibility index (Phi) is 4.65. The van der Waals surface area contributed by atoms with E-state index >= 15 is 0 Å². The lowest BCUT2D eigenvalue weighted by molar-refractivity contribution is -0.120. The lowest BCUT2D eigenvalue weighted by atomic mass is 10.3. The van der Waals surface area contributed by atoms with E-state index in [0.717, 1.165) is 5.69 Å². The van der Waals surface area contributed by atoms with E-state index in [1.54, 1.807) is 25.4 Å². The normalized spacial score (nSPS) is 9.56. The van der Waals surface area contributed by atoms with Crippen LogP contribution in [-0.2, 0) is 4.79 Å². The van der Waals surface area contributed by atoms with Crippen LogP contribution in [0.5, 0.6) is 0 Å². The number of carbonyl (C=O) groups excluding carboxylic acids is 1. The Labute approximate surface area is 99.4 Å². The Bertz CT molecular complexity index is 394. The molecular weight excluding hydrogens is 224 g/mol. The number of hydrogen-bond acceptors (Lipinski definition) is 4. The van der Waals surface area contributed by atoms with Crippen LogP contribution in [0.25, 0.3) is 0 Å². The minimum Gasteiger partial charge on any atom is -0.388 e. The van der Waals surface area contributed by atoms with Gasteiger partial charge < -0.3 is 16.4 Å². The van der Waals surface area contributed by atoms with E-state index in [1.807, 2.05) is 0 Å². The third-order valence-corrected chi connectivity index (χ3v) is 2.18. The van der Waals surface area contributed by atoms with Crippen LogP contribution in [0.4, 0.5) is 5.69 Å². The highest BCUT2D eigenvalue weighted by atomic mass is 32.1. The molecule has 5 nitrogen and oxygen atoms in total. The monoisotopic (exact) mass is 238 g/mol. The summed E-state index contributed by atoms with van der Waals surface area (Å²) in [6, 6.07) is 3.55. The highest BCUT2D eigenvalue weighted by Crippen LogP contribution is 2.07. The fourth-order valence-corrected chi connectivity index (χ4v) is 1.23. The molecule has 0 aliphatic heterocycles. The van der Waals surface area contributed by atoms with Crippen LogP contribution >= 0.6 is 12.2 Å². The Hall–Kier alpha value is -1.69. The summed E-state index contributed by atoms with van der Waals surface area (Å²) in [6.07, 6.45) is 2.04. The molecule has 1 heterocycles. The Morgan fingerprint density at radius 3 is 3.00 bits per heavy atom. The Morgan fingerprint density at radius 2 is 2.38 bits per heavy atom. The van der Waals surface area contributed by atoms with Gasteiger partial charge in [0.05, 0.1) is 5.69 Å². The van der Waals surface area contributed by atoms with Crippen LogP contribution in [0.3, 0.4) is 0 Å². The van der Waals surface area contributed by atoms with E-state index in [0.29, 0.717) is 18.7 Å². The fourth-order valence-electron chi connectivity index (χ4n) is 1.12. The predicted molar refractivity (Wildman–Crippen MR) is 67.3 cm³/mol. The van der Waals surface area contributed by atoms with Gasteiger partial charge in [0.1, 0.15) is 4.99 Å². The zero-order valence-electron chi connectivity index (χ0n) is 8.99. The van der Waals surface area contributed by atoms with Gasteiger partial charge in [-0.25, -0.2) is 0 Å². The van der Waals surface area contributed by atoms with Gasteiger partial charge in [-0.05, 0) is 12.1 Å². The van der Waals surface area contributed by atoms with Crippen molar-refractivity contribution in [3.05, 3.63) is 24.0 Å². The summed E-state index contributed by atoms with van der Waals surface area (Å²) in [5, 5.41) is 5.64. The molecule has 0 bridgehead atoms. The van der Waals surface area contributed by atoms with Gasteiger partial charge in [0.25, 0.3) is 0 Å². The number of pyridine rings is 1. The van der Waals surface area contributed by atoms with E-state index in [-0.39, 0.29) is 10.9 Å². The number of aromatic nitrogens is 1. The highest BCUT2D eigenvalue weighted by molar-refractivity contribution is 7.80. The maximum absolute atomic E-state index is 11.0. The van der Waals surface area contributed by atoms with Crippen molar-refractivity contribution in [3.63, 3.8) is 0 Å². The molecule has 0 fully saturated rings. The van der Waals surface area contributed by atoms with Crippen molar-refractivity contribution in [1.29, 1.82) is 0 Å². The van der Waals surface area contributed by atoms with E-state index < -0.39 is 0 Å². The first-order valence-electron chi connectivity index (χ1n) is 4.84. The second kappa shape index (κ2) is 6.02. The molecule has 4 N–H and O–H groups in total. The maximum atomic E-state index is 11.0. The molecule has 0 aromatic carbocycles. The number of carbonyl (C=O) groups is 1. The number of nitrogens with zero attached hydrogens (tertiary/aromatic N) is 1. The quantitative estimate of drug-likeness (QED) is 0.641. The zero-order valence-corrected chi connectivity index (χ0v) is 9.80. The molecule has 16 heavy (non-hydrogen) atoms. The predicted octanol–water partition coefficient (Wildman–Crippen LogP) is 0.264. The first-order valence-corrected chi connectivity index (χ1v) is 5.24. The number of amides is 1. The molecule has 0 spiro atoms. The van der Waals surface area contributed by atoms with E-state index in [2.05, 4.69) is 15.6 Å². The minimum absolute atomic E-state index is 0.00359. The Balaban J connectivity index is 2.51. The first kappa shape index (κ1) is 12.4. The van der Waals surface area contributed by atoms with Gasteiger partial charge in [0.2, 0.25) is 5.91 Å². The summed E-state index contributed by atoms with van der Waals surface area (Å²) in [6.45, 7) is 0.556. The molecule has 0 unspecified atom stereocenters. The van der Waals surface area contributed by atoms with Crippen LogP contribution in [-0.4, -0.2) is 29.5 Å². The molecule has 1 aromatic rings. The maximum Gasteiger partial charge on any atom is 0.221 e. The van der Waals surface area contributed by atoms with Crippen LogP contribution in [0, 0.1) is 0 Å². The van der Waals surface area contributed by atoms with E-state index in [4.69, 9.17) is 18.0 Å². The second-order valence-corrected chi connectivity index (χ2v) is 3.58. The van der Waals surface area contributed by atoms with E-state index in [1.165, 1.54) is 0 Å². The lowest BCUT2D eigenvalue weighted by Crippen LogP contribution is -2.21. The van der Waals surface area contributed by atoms with Gasteiger partial charge in [-0.15, -0.1) is 0 Å². The van der Waals surface area contributed by atoms with Crippen molar-refractivity contribution >= 4 is 28.8 Å². The van der Waals surface area contributed by atoms with Crippen molar-refractivity contribution in [3.8, 4) is 0 Å². The van der Waals surface area contributed by atoms with Crippen LogP contribution in [0.2, 0.25) is 0 Å². The molecule has 0 aliphatic carbocycles. The molecule has 0 saturated heterocycles. The summed E-state index contributed by atoms with van der Waals surface area (Å²) < 4.78 is 0. The number of nitrogens with two attached hydrogens (primary N) is 1. The summed E-state index contributed by atoms with van der Waals surface area (Å²) in [5.41, 5.74) is 6.88. The van der Waals surface area contributed by atoms with Gasteiger partial charge in [-0.3, -0.25) is 9.78 Å². The minimum atomic E-state index is -0.00359. The topological polar surface area (TPSA) is 80.0 Å². The molecule has 0 aliphatic rings. The average Bonchev–Trinajstić information content (AvgIpc) is 2.29. The smallest absolute Gasteiger partial charge is 0.221 e. The number of thiocarbonyl (C=S) groups is 1. The summed E-state index contributed by atoms with van der Waals surface area (Å²) in [4.78, 5) is 15.2. The van der Waals surface area contributed by atoms with Crippen molar-refractivity contribution < 1.29 is 4.79 Å². The first-order chi connectivity index (χ1) is 7.63. The third kappa shape index (κ3) is 3.82. The van der Waals surface area contributed by atoms with Gasteiger partial charge in [-0.1, -0.05) is 12.2 Å². The molecule has 0 atom stereocenters. The van der Waals surface area contributed by atoms with Gasteiger partial charge in [0, 0.05) is 31.9 Å². The third-order valence-electron chi connectivity index (χ3n) is 1.97. The van der Waals surface area contributed by atoms with Gasteiger partial charge >= 0.3 is 0 Å². The molecule has 0 saturated carbocycles. The molecule has 6 heteroatoms. The van der Waals surface area contributed by atoms with Gasteiger partial charge in [0.15, 0.2) is 0 Å². The zero-order chi connectivity index (χ0) is 12.0. The summed E-state index contributed by atoms with van der Waals surface area (Å²) in [7, 11) is 1.61. The molecule has 1 rings (SSSR count).